The number of benzene rings is 1. The Morgan fingerprint density at radius 2 is 1.84 bits per heavy atom. The highest BCUT2D eigenvalue weighted by Crippen LogP contribution is 2.42. The topological polar surface area (TPSA) is 40.5 Å². The maximum Gasteiger partial charge on any atom is 0.228 e. The highest BCUT2D eigenvalue weighted by atomic mass is 16.3. The summed E-state index contributed by atoms with van der Waals surface area (Å²) in [6, 6.07) is 7.07. The molecular formula is C16H23NO2. The van der Waals surface area contributed by atoms with Crippen molar-refractivity contribution in [3.63, 3.8) is 0 Å². The van der Waals surface area contributed by atoms with Crippen LogP contribution in [0.15, 0.2) is 24.3 Å². The quantitative estimate of drug-likeness (QED) is 0.903. The van der Waals surface area contributed by atoms with Crippen LogP contribution in [0.5, 0.6) is 5.75 Å². The van der Waals surface area contributed by atoms with Crippen LogP contribution in [-0.4, -0.2) is 23.0 Å². The summed E-state index contributed by atoms with van der Waals surface area (Å²) >= 11 is 0. The second-order valence-corrected chi connectivity index (χ2v) is 5.67. The molecule has 0 aromatic heterocycles. The van der Waals surface area contributed by atoms with Crippen LogP contribution in [0.1, 0.15) is 44.6 Å². The third-order valence-electron chi connectivity index (χ3n) is 4.39. The van der Waals surface area contributed by atoms with Gasteiger partial charge in [0, 0.05) is 19.0 Å². The van der Waals surface area contributed by atoms with Crippen molar-refractivity contribution in [1.82, 2.24) is 4.90 Å². The summed E-state index contributed by atoms with van der Waals surface area (Å²) in [5.74, 6) is 0.541. The van der Waals surface area contributed by atoms with Crippen LogP contribution in [0.3, 0.4) is 0 Å². The minimum Gasteiger partial charge on any atom is -0.508 e. The number of phenols is 1. The first-order valence-corrected chi connectivity index (χ1v) is 7.11. The van der Waals surface area contributed by atoms with Crippen molar-refractivity contribution in [3.8, 4) is 5.75 Å². The molecule has 0 spiro atoms. The lowest BCUT2D eigenvalue weighted by Crippen LogP contribution is -2.39. The van der Waals surface area contributed by atoms with Gasteiger partial charge in [-0.2, -0.15) is 0 Å². The number of carbonyl (C=O) groups excluding carboxylic acids is 1. The molecule has 0 aliphatic heterocycles. The van der Waals surface area contributed by atoms with Crippen molar-refractivity contribution >= 4 is 5.91 Å². The van der Waals surface area contributed by atoms with E-state index in [0.717, 1.165) is 24.8 Å². The molecule has 1 amide bonds. The highest BCUT2D eigenvalue weighted by Gasteiger charge is 2.40. The van der Waals surface area contributed by atoms with Gasteiger partial charge in [-0.25, -0.2) is 0 Å². The molecule has 0 bridgehead atoms. The number of carbonyl (C=O) groups is 1. The van der Waals surface area contributed by atoms with E-state index >= 15 is 0 Å². The van der Waals surface area contributed by atoms with Crippen molar-refractivity contribution in [2.45, 2.75) is 45.6 Å². The van der Waals surface area contributed by atoms with Gasteiger partial charge in [-0.1, -0.05) is 31.9 Å². The minimum atomic E-state index is -0.119. The number of hydrogen-bond donors (Lipinski definition) is 1. The Labute approximate surface area is 115 Å². The molecular weight excluding hydrogens is 238 g/mol. The molecule has 0 atom stereocenters. The molecule has 0 unspecified atom stereocenters. The van der Waals surface area contributed by atoms with Gasteiger partial charge in [0.15, 0.2) is 0 Å². The predicted octanol–water partition coefficient (Wildman–Crippen LogP) is 3.32. The van der Waals surface area contributed by atoms with Crippen molar-refractivity contribution in [2.24, 2.45) is 5.41 Å². The first kappa shape index (κ1) is 13.9. The van der Waals surface area contributed by atoms with Gasteiger partial charge in [-0.05, 0) is 37.0 Å². The van der Waals surface area contributed by atoms with Gasteiger partial charge in [-0.3, -0.25) is 4.79 Å². The smallest absolute Gasteiger partial charge is 0.228 e. The van der Waals surface area contributed by atoms with E-state index in [4.69, 9.17) is 0 Å². The van der Waals surface area contributed by atoms with Gasteiger partial charge in [0.1, 0.15) is 5.75 Å². The largest absolute Gasteiger partial charge is 0.508 e. The zero-order valence-corrected chi connectivity index (χ0v) is 11.9. The standard InChI is InChI=1S/C16H23NO2/c1-3-16(10-4-5-11-16)15(19)17(2)12-13-6-8-14(18)9-7-13/h6-9,18H,3-5,10-12H2,1-2H3. The minimum absolute atomic E-state index is 0.119. The summed E-state index contributed by atoms with van der Waals surface area (Å²) in [6.07, 6.45) is 5.34. The van der Waals surface area contributed by atoms with Crippen molar-refractivity contribution in [1.29, 1.82) is 0 Å². The Balaban J connectivity index is 2.04. The zero-order valence-electron chi connectivity index (χ0n) is 11.9. The van der Waals surface area contributed by atoms with Gasteiger partial charge in [0.25, 0.3) is 0 Å². The fourth-order valence-electron chi connectivity index (χ4n) is 3.12. The molecule has 19 heavy (non-hydrogen) atoms. The van der Waals surface area contributed by atoms with Gasteiger partial charge < -0.3 is 10.0 Å². The molecule has 1 aliphatic rings. The molecule has 1 N–H and O–H groups in total. The third kappa shape index (κ3) is 2.91. The van der Waals surface area contributed by atoms with Gasteiger partial charge in [0.2, 0.25) is 5.91 Å². The number of rotatable bonds is 4. The van der Waals surface area contributed by atoms with E-state index in [1.165, 1.54) is 12.8 Å². The summed E-state index contributed by atoms with van der Waals surface area (Å²) in [7, 11) is 1.88. The number of aromatic hydroxyl groups is 1. The van der Waals surface area contributed by atoms with Crippen LogP contribution in [0.25, 0.3) is 0 Å². The van der Waals surface area contributed by atoms with Gasteiger partial charge in [-0.15, -0.1) is 0 Å². The molecule has 1 aliphatic carbocycles. The lowest BCUT2D eigenvalue weighted by atomic mass is 9.82. The van der Waals surface area contributed by atoms with Crippen LogP contribution in [0.4, 0.5) is 0 Å². The average molecular weight is 261 g/mol. The summed E-state index contributed by atoms with van der Waals surface area (Å²) in [6.45, 7) is 2.73. The summed E-state index contributed by atoms with van der Waals surface area (Å²) < 4.78 is 0. The molecule has 0 heterocycles. The molecule has 3 nitrogen and oxygen atoms in total. The maximum absolute atomic E-state index is 12.6. The van der Waals surface area contributed by atoms with E-state index < -0.39 is 0 Å². The molecule has 1 aromatic rings. The van der Waals surface area contributed by atoms with E-state index in [-0.39, 0.29) is 17.1 Å². The Morgan fingerprint density at radius 3 is 2.37 bits per heavy atom. The Kier molecular flexibility index (Phi) is 4.13. The van der Waals surface area contributed by atoms with Crippen LogP contribution >= 0.6 is 0 Å². The number of phenolic OH excluding ortho intramolecular Hbond substituents is 1. The van der Waals surface area contributed by atoms with Crippen molar-refractivity contribution in [2.75, 3.05) is 7.05 Å². The SMILES string of the molecule is CCC1(C(=O)N(C)Cc2ccc(O)cc2)CCCC1. The first-order valence-electron chi connectivity index (χ1n) is 7.11. The van der Waals surface area contributed by atoms with E-state index in [1.54, 1.807) is 12.1 Å². The number of amides is 1. The fourth-order valence-corrected chi connectivity index (χ4v) is 3.12. The average Bonchev–Trinajstić information content (AvgIpc) is 2.90. The molecule has 2 rings (SSSR count). The van der Waals surface area contributed by atoms with E-state index in [2.05, 4.69) is 6.92 Å². The van der Waals surface area contributed by atoms with Crippen LogP contribution in [0.2, 0.25) is 0 Å². The normalized spacial score (nSPS) is 17.4. The number of hydrogen-bond acceptors (Lipinski definition) is 2. The zero-order chi connectivity index (χ0) is 13.9. The Morgan fingerprint density at radius 1 is 1.26 bits per heavy atom. The summed E-state index contributed by atoms with van der Waals surface area (Å²) in [5, 5.41) is 9.27. The highest BCUT2D eigenvalue weighted by molar-refractivity contribution is 5.82. The van der Waals surface area contributed by atoms with E-state index in [1.807, 2.05) is 24.1 Å². The van der Waals surface area contributed by atoms with Crippen molar-refractivity contribution in [3.05, 3.63) is 29.8 Å². The van der Waals surface area contributed by atoms with Crippen molar-refractivity contribution < 1.29 is 9.90 Å². The molecule has 1 fully saturated rings. The Hall–Kier alpha value is -1.51. The van der Waals surface area contributed by atoms with E-state index in [9.17, 15) is 9.90 Å². The third-order valence-corrected chi connectivity index (χ3v) is 4.39. The molecule has 104 valence electrons. The van der Waals surface area contributed by atoms with Gasteiger partial charge >= 0.3 is 0 Å². The summed E-state index contributed by atoms with van der Waals surface area (Å²) in [5.41, 5.74) is 0.934. The molecule has 3 heteroatoms. The molecule has 1 aromatic carbocycles. The predicted molar refractivity (Wildman–Crippen MR) is 75.8 cm³/mol. The summed E-state index contributed by atoms with van der Waals surface area (Å²) in [4.78, 5) is 14.5. The molecule has 1 saturated carbocycles. The van der Waals surface area contributed by atoms with Crippen LogP contribution < -0.4 is 0 Å². The first-order chi connectivity index (χ1) is 9.07. The maximum atomic E-state index is 12.6. The molecule has 0 saturated heterocycles. The second-order valence-electron chi connectivity index (χ2n) is 5.67. The number of nitrogens with zero attached hydrogens (tertiary/aromatic N) is 1. The van der Waals surface area contributed by atoms with Gasteiger partial charge in [0.05, 0.1) is 0 Å². The molecule has 0 radical (unpaired) electrons. The van der Waals surface area contributed by atoms with Crippen LogP contribution in [0, 0.1) is 5.41 Å². The Bertz CT molecular complexity index is 433. The second kappa shape index (κ2) is 5.64. The van der Waals surface area contributed by atoms with E-state index in [0.29, 0.717) is 6.54 Å². The lowest BCUT2D eigenvalue weighted by Gasteiger charge is -2.31. The lowest BCUT2D eigenvalue weighted by molar-refractivity contribution is -0.141. The monoisotopic (exact) mass is 261 g/mol. The fraction of sp³-hybridized carbons (Fsp3) is 0.562. The van der Waals surface area contributed by atoms with Crippen LogP contribution in [-0.2, 0) is 11.3 Å².